The van der Waals surface area contributed by atoms with Gasteiger partial charge in [0.2, 0.25) is 0 Å². The van der Waals surface area contributed by atoms with E-state index in [4.69, 9.17) is 24.5 Å². The van der Waals surface area contributed by atoms with Crippen LogP contribution < -0.4 is 0 Å². The van der Waals surface area contributed by atoms with Crippen LogP contribution in [0.2, 0.25) is 0 Å². The maximum Gasteiger partial charge on any atom is 0.490 e. The number of aryl methyl sites for hydroxylation is 2. The van der Waals surface area contributed by atoms with Gasteiger partial charge in [-0.05, 0) is 25.7 Å². The molecule has 3 heterocycles. The second-order valence-corrected chi connectivity index (χ2v) is 9.43. The molecule has 16 heteroatoms. The summed E-state index contributed by atoms with van der Waals surface area (Å²) in [5, 5.41) is 18.7. The lowest BCUT2D eigenvalue weighted by molar-refractivity contribution is -0.193. The fourth-order valence-corrected chi connectivity index (χ4v) is 4.26. The van der Waals surface area contributed by atoms with Gasteiger partial charge < -0.3 is 14.9 Å². The predicted octanol–water partition coefficient (Wildman–Crippen LogP) is 3.98. The van der Waals surface area contributed by atoms with E-state index >= 15 is 0 Å². The first-order valence-electron chi connectivity index (χ1n) is 10.9. The monoisotopic (exact) mass is 560 g/mol. The van der Waals surface area contributed by atoms with Gasteiger partial charge in [0.15, 0.2) is 0 Å². The number of carbonyl (C=O) groups is 2. The van der Waals surface area contributed by atoms with Gasteiger partial charge in [-0.1, -0.05) is 0 Å². The van der Waals surface area contributed by atoms with Crippen molar-refractivity contribution < 1.29 is 50.9 Å². The summed E-state index contributed by atoms with van der Waals surface area (Å²) in [6.07, 6.45) is -5.45. The van der Waals surface area contributed by atoms with Crippen molar-refractivity contribution in [3.63, 3.8) is 0 Å². The Bertz CT molecular complexity index is 1030. The highest BCUT2D eigenvalue weighted by atomic mass is 32.1. The lowest BCUT2D eigenvalue weighted by atomic mass is 9.97. The lowest BCUT2D eigenvalue weighted by Gasteiger charge is -2.32. The normalized spacial score (nSPS) is 17.7. The Kier molecular flexibility index (Phi) is 10.5. The molecule has 1 aliphatic carbocycles. The summed E-state index contributed by atoms with van der Waals surface area (Å²) < 4.78 is 71.5. The Morgan fingerprint density at radius 3 is 2.14 bits per heavy atom. The summed E-state index contributed by atoms with van der Waals surface area (Å²) >= 11 is 1.76. The minimum absolute atomic E-state index is 0.415. The molecule has 1 saturated carbocycles. The summed E-state index contributed by atoms with van der Waals surface area (Å²) in [5.41, 5.74) is 5.81. The molecule has 2 aromatic rings. The topological polar surface area (TPSA) is 118 Å². The molecule has 1 atom stereocenters. The predicted molar refractivity (Wildman–Crippen MR) is 118 cm³/mol. The Morgan fingerprint density at radius 2 is 1.68 bits per heavy atom. The molecule has 0 bridgehead atoms. The van der Waals surface area contributed by atoms with Gasteiger partial charge in [-0.25, -0.2) is 14.6 Å². The van der Waals surface area contributed by atoms with Crippen molar-refractivity contribution in [3.05, 3.63) is 33.5 Å². The number of thiazole rings is 1. The number of nitrogens with zero attached hydrogens (tertiary/aromatic N) is 4. The average molecular weight is 561 g/mol. The molecule has 2 N–H and O–H groups in total. The highest BCUT2D eigenvalue weighted by molar-refractivity contribution is 7.09. The van der Waals surface area contributed by atoms with Crippen LogP contribution in [-0.4, -0.2) is 73.9 Å². The second kappa shape index (κ2) is 12.7. The van der Waals surface area contributed by atoms with Crippen molar-refractivity contribution in [2.45, 2.75) is 51.1 Å². The van der Waals surface area contributed by atoms with Crippen LogP contribution in [0.25, 0.3) is 0 Å². The first-order chi connectivity index (χ1) is 17.1. The van der Waals surface area contributed by atoms with Crippen molar-refractivity contribution in [3.8, 4) is 0 Å². The van der Waals surface area contributed by atoms with Crippen molar-refractivity contribution >= 4 is 23.3 Å². The number of hydrogen-bond donors (Lipinski definition) is 2. The van der Waals surface area contributed by atoms with Crippen LogP contribution in [0.5, 0.6) is 0 Å². The largest absolute Gasteiger partial charge is 0.490 e. The summed E-state index contributed by atoms with van der Waals surface area (Å²) in [4.78, 5) is 26.0. The molecule has 2 aromatic heterocycles. The smallest absolute Gasteiger partial charge is 0.475 e. The molecule has 0 saturated heterocycles. The van der Waals surface area contributed by atoms with Gasteiger partial charge in [0.1, 0.15) is 0 Å². The third kappa shape index (κ3) is 9.92. The van der Waals surface area contributed by atoms with Crippen LogP contribution in [0, 0.1) is 12.8 Å². The summed E-state index contributed by atoms with van der Waals surface area (Å²) in [7, 11) is 2.05. The molecule has 0 radical (unpaired) electrons. The number of carboxylic acids is 2. The Hall–Kier alpha value is -2.72. The quantitative estimate of drug-likeness (QED) is 0.510. The van der Waals surface area contributed by atoms with Crippen molar-refractivity contribution in [1.29, 1.82) is 0 Å². The van der Waals surface area contributed by atoms with E-state index in [9.17, 15) is 26.3 Å². The number of alkyl halides is 6. The summed E-state index contributed by atoms with van der Waals surface area (Å²) in [5.74, 6) is -4.28. The first kappa shape index (κ1) is 30.5. The van der Waals surface area contributed by atoms with Gasteiger partial charge in [0, 0.05) is 55.3 Å². The van der Waals surface area contributed by atoms with E-state index in [1.165, 1.54) is 29.0 Å². The molecule has 1 aliphatic heterocycles. The Balaban J connectivity index is 0.000000286. The molecule has 9 nitrogen and oxygen atoms in total. The van der Waals surface area contributed by atoms with E-state index in [-0.39, 0.29) is 0 Å². The number of halogens is 6. The molecular formula is C21H26F6N4O5S. The van der Waals surface area contributed by atoms with Crippen LogP contribution in [0.3, 0.4) is 0 Å². The molecule has 1 unspecified atom stereocenters. The number of fused-ring (bicyclic) bond motifs is 1. The van der Waals surface area contributed by atoms with Crippen molar-refractivity contribution in [2.75, 3.05) is 19.8 Å². The van der Waals surface area contributed by atoms with Gasteiger partial charge >= 0.3 is 24.3 Å². The van der Waals surface area contributed by atoms with Crippen LogP contribution in [-0.2, 0) is 34.5 Å². The minimum atomic E-state index is -5.08. The highest BCUT2D eigenvalue weighted by Crippen LogP contribution is 2.32. The maximum absolute atomic E-state index is 10.6. The molecule has 0 amide bonds. The number of carboxylic acid groups (broad SMARTS) is 2. The summed E-state index contributed by atoms with van der Waals surface area (Å²) in [6, 6.07) is 0. The molecule has 0 spiro atoms. The van der Waals surface area contributed by atoms with E-state index in [0.29, 0.717) is 5.92 Å². The Labute approximate surface area is 211 Å². The minimum Gasteiger partial charge on any atom is -0.475 e. The zero-order valence-electron chi connectivity index (χ0n) is 19.8. The number of ether oxygens (including phenoxy) is 1. The number of aromatic nitrogens is 3. The standard InChI is InChI=1S/C17H24N4OS.2C2HF3O2/c1-12-16(23-11-18-12)8-21-6-14-5-19-20(2)17(14)15(7-21)10-22-9-13-3-4-13;2*3-2(4,5)1(6)7/h5,11,13,15H,3-4,6-10H2,1-2H3;2*(H,6,7). The number of rotatable bonds is 6. The molecular weight excluding hydrogens is 534 g/mol. The van der Waals surface area contributed by atoms with Crippen LogP contribution in [0.1, 0.15) is 40.6 Å². The fourth-order valence-electron chi connectivity index (χ4n) is 3.44. The maximum atomic E-state index is 10.6. The lowest BCUT2D eigenvalue weighted by Crippen LogP contribution is -2.35. The summed E-state index contributed by atoms with van der Waals surface area (Å²) in [6.45, 7) is 6.82. The third-order valence-electron chi connectivity index (χ3n) is 5.39. The van der Waals surface area contributed by atoms with Crippen molar-refractivity contribution in [1.82, 2.24) is 19.7 Å². The fraction of sp³-hybridized carbons (Fsp3) is 0.619. The first-order valence-corrected chi connectivity index (χ1v) is 11.8. The van der Waals surface area contributed by atoms with Crippen LogP contribution >= 0.6 is 11.3 Å². The van der Waals surface area contributed by atoms with Gasteiger partial charge in [-0.2, -0.15) is 31.4 Å². The van der Waals surface area contributed by atoms with Crippen LogP contribution in [0.4, 0.5) is 26.3 Å². The van der Waals surface area contributed by atoms with E-state index < -0.39 is 24.3 Å². The van der Waals surface area contributed by atoms with E-state index in [1.54, 1.807) is 11.3 Å². The highest BCUT2D eigenvalue weighted by Gasteiger charge is 2.39. The second-order valence-electron chi connectivity index (χ2n) is 8.49. The molecule has 208 valence electrons. The van der Waals surface area contributed by atoms with E-state index in [2.05, 4.69) is 29.0 Å². The zero-order chi connectivity index (χ0) is 28.0. The van der Waals surface area contributed by atoms with Gasteiger partial charge in [-0.3, -0.25) is 9.58 Å². The molecule has 37 heavy (non-hydrogen) atoms. The zero-order valence-corrected chi connectivity index (χ0v) is 20.7. The SMILES string of the molecule is Cc1ncsc1CN1Cc2cnn(C)c2C(COCC2CC2)C1.O=C(O)C(F)(F)F.O=C(O)C(F)(F)F. The van der Waals surface area contributed by atoms with Crippen LogP contribution in [0.15, 0.2) is 11.7 Å². The van der Waals surface area contributed by atoms with E-state index in [1.807, 2.05) is 16.4 Å². The van der Waals surface area contributed by atoms with Gasteiger partial charge in [0.05, 0.1) is 24.0 Å². The Morgan fingerprint density at radius 1 is 1.11 bits per heavy atom. The number of aliphatic carboxylic acids is 2. The molecule has 1 fully saturated rings. The van der Waals surface area contributed by atoms with E-state index in [0.717, 1.165) is 44.5 Å². The number of hydrogen-bond acceptors (Lipinski definition) is 7. The molecule has 2 aliphatic rings. The van der Waals surface area contributed by atoms with Gasteiger partial charge in [-0.15, -0.1) is 11.3 Å². The average Bonchev–Trinajstić information content (AvgIpc) is 3.41. The van der Waals surface area contributed by atoms with Crippen molar-refractivity contribution in [2.24, 2.45) is 13.0 Å². The molecule has 4 rings (SSSR count). The van der Waals surface area contributed by atoms with Gasteiger partial charge in [0.25, 0.3) is 0 Å². The molecule has 0 aromatic carbocycles. The third-order valence-corrected chi connectivity index (χ3v) is 6.31.